The monoisotopic (exact) mass is 1530 g/mol. The fourth-order valence-electron chi connectivity index (χ4n) is 12.1. The highest BCUT2D eigenvalue weighted by atomic mass is 35.5. The summed E-state index contributed by atoms with van der Waals surface area (Å²) in [7, 11) is 11.6. The first kappa shape index (κ1) is 96.2. The Kier molecular flexibility index (Phi) is 44.0. The highest BCUT2D eigenvalue weighted by molar-refractivity contribution is 7.97. The molecule has 0 aromatic rings. The molecule has 1 fully saturated rings. The van der Waals surface area contributed by atoms with Crippen molar-refractivity contribution >= 4 is 101 Å². The number of aldehydes is 1. The van der Waals surface area contributed by atoms with Crippen molar-refractivity contribution in [3.63, 3.8) is 0 Å². The zero-order chi connectivity index (χ0) is 81.2. The Morgan fingerprint density at radius 2 is 1.10 bits per heavy atom. The van der Waals surface area contributed by atoms with Crippen molar-refractivity contribution in [2.75, 3.05) is 95.4 Å². The van der Waals surface area contributed by atoms with Gasteiger partial charge in [0, 0.05) is 73.2 Å². The van der Waals surface area contributed by atoms with E-state index in [0.29, 0.717) is 62.6 Å². The van der Waals surface area contributed by atoms with Crippen LogP contribution in [0.5, 0.6) is 0 Å². The molecule has 1 heterocycles. The van der Waals surface area contributed by atoms with Crippen molar-refractivity contribution in [3.05, 3.63) is 72.1 Å². The molecular weight excluding hydrogens is 1400 g/mol. The van der Waals surface area contributed by atoms with Crippen LogP contribution in [0.2, 0.25) is 0 Å². The zero-order valence-electron chi connectivity index (χ0n) is 67.2. The number of unbranched alkanes of at least 4 members (excludes halogenated alkanes) is 1. The van der Waals surface area contributed by atoms with Gasteiger partial charge in [0.25, 0.3) is 5.91 Å². The Balaban J connectivity index is 3.62. The van der Waals surface area contributed by atoms with Crippen molar-refractivity contribution in [2.45, 2.75) is 220 Å². The second-order valence-electron chi connectivity index (χ2n) is 29.3. The molecular formula is C77H128ClN13O14S. The summed E-state index contributed by atoms with van der Waals surface area (Å²) < 4.78 is 8.01. The van der Waals surface area contributed by atoms with E-state index in [0.717, 1.165) is 23.3 Å². The quantitative estimate of drug-likeness (QED) is 0.0142. The van der Waals surface area contributed by atoms with E-state index < -0.39 is 145 Å². The van der Waals surface area contributed by atoms with Gasteiger partial charge >= 0.3 is 0 Å². The third kappa shape index (κ3) is 31.5. The van der Waals surface area contributed by atoms with Gasteiger partial charge in [0.15, 0.2) is 0 Å². The number of carbonyl (C=O) groups excluding carboxylic acids is 13. The van der Waals surface area contributed by atoms with E-state index in [1.807, 2.05) is 62.3 Å². The molecule has 0 aromatic carbocycles. The summed E-state index contributed by atoms with van der Waals surface area (Å²) in [5, 5.41) is 11.7. The van der Waals surface area contributed by atoms with Crippen molar-refractivity contribution in [2.24, 2.45) is 23.7 Å². The third-order valence-corrected chi connectivity index (χ3v) is 19.3. The first-order valence-electron chi connectivity index (χ1n) is 36.9. The molecule has 0 spiro atoms. The first-order valence-corrected chi connectivity index (χ1v) is 38.5. The topological polar surface area (TPSA) is 317 Å². The molecule has 2 unspecified atom stereocenters. The lowest BCUT2D eigenvalue weighted by atomic mass is 9.97. The van der Waals surface area contributed by atoms with Crippen molar-refractivity contribution in [1.29, 1.82) is 0 Å². The second-order valence-corrected chi connectivity index (χ2v) is 30.4. The molecule has 0 saturated carbocycles. The van der Waals surface area contributed by atoms with Crippen molar-refractivity contribution in [3.8, 4) is 0 Å². The van der Waals surface area contributed by atoms with Crippen LogP contribution in [0.25, 0.3) is 0 Å². The maximum absolute atomic E-state index is 15.1. The van der Waals surface area contributed by atoms with Crippen LogP contribution in [0.1, 0.15) is 166 Å². The second kappa shape index (κ2) is 48.5. The molecule has 1 saturated heterocycles. The molecule has 0 radical (unpaired) electrons. The number of halogens is 1. The van der Waals surface area contributed by atoms with Gasteiger partial charge in [0.2, 0.25) is 65.0 Å². The Morgan fingerprint density at radius 3 is 1.59 bits per heavy atom. The third-order valence-electron chi connectivity index (χ3n) is 18.8. The number of rotatable bonds is 48. The van der Waals surface area contributed by atoms with Crippen LogP contribution in [0.3, 0.4) is 0 Å². The molecule has 1 rings (SSSR count). The summed E-state index contributed by atoms with van der Waals surface area (Å²) in [6.45, 7) is 35.5. The van der Waals surface area contributed by atoms with E-state index >= 15 is 4.79 Å². The summed E-state index contributed by atoms with van der Waals surface area (Å²) >= 11 is 7.05. The normalized spacial score (nSPS) is 15.0. The summed E-state index contributed by atoms with van der Waals surface area (Å²) in [5.74, 6) is -7.29. The number of allylic oxidation sites excluding steroid dienone is 4. The van der Waals surface area contributed by atoms with Gasteiger partial charge in [-0.25, -0.2) is 0 Å². The average molecular weight is 1530 g/mol. The average Bonchev–Trinajstić information content (AvgIpc) is 0.918. The first-order chi connectivity index (χ1) is 49.6. The predicted molar refractivity (Wildman–Crippen MR) is 418 cm³/mol. The fourth-order valence-corrected chi connectivity index (χ4v) is 12.6. The standard InChI is InChI=1S/C77H128ClN13O14S/c1-25-28-34-91(75(102)58(27-3)81-72(99)63(38-50(8)9)88(21)74(101)59(79-16)40-52(12)41-65(105-23)54(14)69(96)83-106-24)46-68(95)86(19)64(39-51(10)11)77(104)89(22)62(37-49(6)7)71(98)80-55(15)73(100)87(20)61(33-32-48(4)5)70(97)82-60(76(103)90-35-30-29-31-36-90)44-66(93)84(17)45-67(94)85(18)57(47-92)43-56(26-2)42-53(13)78/h26,41-42,47-51,55,57-64,79H,2,12-14,25,27-40,43-46H2,1,3-11,15-24H3,(H,80,98)(H,81,99)(H,82,97)(H,83,96)/b56-42+,65-41+/t55-,57-,58?,59-,60?,61-,62-,63-,64-/m0/s1. The number of hydrogen-bond donors (Lipinski definition) is 5. The van der Waals surface area contributed by atoms with Gasteiger partial charge in [-0.3, -0.25) is 62.3 Å². The molecule has 0 aromatic heterocycles. The molecule has 0 aliphatic carbocycles. The van der Waals surface area contributed by atoms with E-state index in [1.165, 1.54) is 104 Å². The lowest BCUT2D eigenvalue weighted by Gasteiger charge is -2.37. The van der Waals surface area contributed by atoms with Crippen LogP contribution in [-0.4, -0.2) is 266 Å². The van der Waals surface area contributed by atoms with Gasteiger partial charge in [0.1, 0.15) is 54.3 Å². The number of nitrogens with zero attached hydrogens (tertiary/aromatic N) is 8. The molecule has 12 amide bonds. The Hall–Kier alpha value is -7.85. The largest absolute Gasteiger partial charge is 0.496 e. The summed E-state index contributed by atoms with van der Waals surface area (Å²) in [4.78, 5) is 195. The summed E-state index contributed by atoms with van der Waals surface area (Å²) in [6.07, 6.45) is 11.0. The van der Waals surface area contributed by atoms with Gasteiger partial charge in [-0.15, -0.1) is 0 Å². The minimum atomic E-state index is -1.41. The van der Waals surface area contributed by atoms with E-state index in [2.05, 4.69) is 52.3 Å². The van der Waals surface area contributed by atoms with E-state index in [9.17, 15) is 57.5 Å². The van der Waals surface area contributed by atoms with Crippen LogP contribution < -0.4 is 26.0 Å². The number of ether oxygens (including phenoxy) is 1. The number of likely N-dealkylation sites (tertiary alicyclic amines) is 1. The molecule has 598 valence electrons. The number of carbonyl (C=O) groups is 13. The van der Waals surface area contributed by atoms with Gasteiger partial charge in [0.05, 0.1) is 44.3 Å². The Labute approximate surface area is 641 Å². The van der Waals surface area contributed by atoms with Crippen molar-refractivity contribution in [1.82, 2.24) is 65.2 Å². The molecule has 1 aliphatic heterocycles. The smallest absolute Gasteiger partial charge is 0.264 e. The minimum absolute atomic E-state index is 0.0505. The molecule has 0 bridgehead atoms. The highest BCUT2D eigenvalue weighted by Crippen LogP contribution is 2.24. The molecule has 5 N–H and O–H groups in total. The lowest BCUT2D eigenvalue weighted by Crippen LogP contribution is -2.60. The van der Waals surface area contributed by atoms with Crippen LogP contribution in [-0.2, 0) is 67.1 Å². The van der Waals surface area contributed by atoms with Gasteiger partial charge < -0.3 is 70.0 Å². The van der Waals surface area contributed by atoms with E-state index in [4.69, 9.17) is 16.3 Å². The predicted octanol–water partition coefficient (Wildman–Crippen LogP) is 6.54. The number of hydrogen-bond acceptors (Lipinski definition) is 16. The molecule has 29 heteroatoms. The maximum atomic E-state index is 15.1. The lowest BCUT2D eigenvalue weighted by molar-refractivity contribution is -0.151. The maximum Gasteiger partial charge on any atom is 0.264 e. The van der Waals surface area contributed by atoms with Crippen LogP contribution in [0.4, 0.5) is 0 Å². The van der Waals surface area contributed by atoms with Crippen LogP contribution in [0.15, 0.2) is 72.1 Å². The van der Waals surface area contributed by atoms with Gasteiger partial charge in [-0.05, 0) is 138 Å². The minimum Gasteiger partial charge on any atom is -0.496 e. The van der Waals surface area contributed by atoms with E-state index in [1.54, 1.807) is 25.1 Å². The number of likely N-dealkylation sites (N-methyl/N-ethyl adjacent to an activating group) is 7. The van der Waals surface area contributed by atoms with Gasteiger partial charge in [-0.1, -0.05) is 132 Å². The fraction of sp³-hybridized carbons (Fsp3) is 0.675. The van der Waals surface area contributed by atoms with Crippen LogP contribution >= 0.6 is 23.5 Å². The molecule has 9 atom stereocenters. The van der Waals surface area contributed by atoms with Gasteiger partial charge in [-0.2, -0.15) is 0 Å². The molecule has 27 nitrogen and oxygen atoms in total. The summed E-state index contributed by atoms with van der Waals surface area (Å²) in [5.41, 5.74) is 1.04. The zero-order valence-corrected chi connectivity index (χ0v) is 68.7. The summed E-state index contributed by atoms with van der Waals surface area (Å²) in [6, 6.07) is -10.2. The van der Waals surface area contributed by atoms with Crippen LogP contribution in [0, 0.1) is 23.7 Å². The van der Waals surface area contributed by atoms with E-state index in [-0.39, 0.29) is 91.5 Å². The van der Waals surface area contributed by atoms with Crippen molar-refractivity contribution < 1.29 is 67.1 Å². The number of amides is 12. The number of methoxy groups -OCH3 is 1. The molecule has 1 aliphatic rings. The SMILES string of the molecule is C=C/C(=C\C(=C)Cl)C[C@@H](C=O)N(C)C(=O)CN(C)C(=O)CC(NC(=O)[C@H](CCC(C)C)N(C)C(=O)[C@H](C)NC(=O)[C@H](CC(C)C)N(C)C(=O)[C@H](CC(C)C)N(C)C(=O)CN(CCCC)C(=O)C(CC)NC(=O)[C@H](CC(C)C)N(C)C(=O)[C@H](CC(=C)/C=C(/OC)C(=C)C(=O)NSC)NC)C(=O)N1CCCCC1. The Bertz CT molecular complexity index is 3110. The highest BCUT2D eigenvalue weighted by Gasteiger charge is 2.41. The Morgan fingerprint density at radius 1 is 0.585 bits per heavy atom. The number of piperidine rings is 1. The molecule has 106 heavy (non-hydrogen) atoms. The number of nitrogens with one attached hydrogen (secondary N) is 5.